The third-order valence-electron chi connectivity index (χ3n) is 2.60. The summed E-state index contributed by atoms with van der Waals surface area (Å²) < 4.78 is 5.06. The molecule has 0 unspecified atom stereocenters. The van der Waals surface area contributed by atoms with Crippen LogP contribution in [-0.2, 0) is 0 Å². The van der Waals surface area contributed by atoms with Crippen LogP contribution in [0.2, 0.25) is 0 Å². The number of rotatable bonds is 5. The van der Waals surface area contributed by atoms with Gasteiger partial charge in [-0.1, -0.05) is 0 Å². The van der Waals surface area contributed by atoms with E-state index in [1.807, 2.05) is 13.8 Å². The monoisotopic (exact) mass is 251 g/mol. The second kappa shape index (κ2) is 6.86. The summed E-state index contributed by atoms with van der Waals surface area (Å²) in [6, 6.07) is 7.19. The summed E-state index contributed by atoms with van der Waals surface area (Å²) in [4.78, 5) is 13.7. The number of amides is 2. The number of nitrogens with two attached hydrogens (primary N) is 1. The third kappa shape index (κ3) is 3.92. The van der Waals surface area contributed by atoms with E-state index in [1.165, 1.54) is 0 Å². The van der Waals surface area contributed by atoms with Crippen molar-refractivity contribution in [3.05, 3.63) is 24.3 Å². The van der Waals surface area contributed by atoms with Gasteiger partial charge in [-0.05, 0) is 38.1 Å². The molecule has 3 N–H and O–H groups in total. The van der Waals surface area contributed by atoms with Crippen LogP contribution in [0.5, 0.6) is 5.75 Å². The van der Waals surface area contributed by atoms with Gasteiger partial charge < -0.3 is 20.7 Å². The summed E-state index contributed by atoms with van der Waals surface area (Å²) >= 11 is 0. The Balaban J connectivity index is 2.66. The molecule has 0 aliphatic heterocycles. The number of carbonyl (C=O) groups excluding carboxylic acids is 1. The number of hydrogen-bond donors (Lipinski definition) is 2. The number of nitrogens with one attached hydrogen (secondary N) is 1. The van der Waals surface area contributed by atoms with E-state index in [0.29, 0.717) is 13.1 Å². The van der Waals surface area contributed by atoms with Gasteiger partial charge >= 0.3 is 6.03 Å². The van der Waals surface area contributed by atoms with Crippen LogP contribution < -0.4 is 15.8 Å². The molecule has 18 heavy (non-hydrogen) atoms. The van der Waals surface area contributed by atoms with Crippen LogP contribution in [0.3, 0.4) is 0 Å². The first-order valence-corrected chi connectivity index (χ1v) is 6.00. The maximum Gasteiger partial charge on any atom is 0.322 e. The Morgan fingerprint density at radius 3 is 2.44 bits per heavy atom. The molecule has 1 aromatic rings. The van der Waals surface area contributed by atoms with Crippen LogP contribution in [0.1, 0.15) is 13.8 Å². The minimum atomic E-state index is -0.138. The zero-order valence-electron chi connectivity index (χ0n) is 11.1. The molecule has 0 saturated heterocycles. The first-order chi connectivity index (χ1) is 8.58. The van der Waals surface area contributed by atoms with E-state index < -0.39 is 0 Å². The second-order valence-electron chi connectivity index (χ2n) is 4.23. The van der Waals surface area contributed by atoms with E-state index in [9.17, 15) is 4.79 Å². The molecule has 100 valence electrons. The maximum absolute atomic E-state index is 12.0. The first-order valence-electron chi connectivity index (χ1n) is 6.00. The smallest absolute Gasteiger partial charge is 0.322 e. The molecule has 0 aromatic heterocycles. The van der Waals surface area contributed by atoms with Crippen molar-refractivity contribution in [3.8, 4) is 5.75 Å². The number of nitrogens with zero attached hydrogens (tertiary/aromatic N) is 1. The van der Waals surface area contributed by atoms with Crippen molar-refractivity contribution in [3.63, 3.8) is 0 Å². The fraction of sp³-hybridized carbons (Fsp3) is 0.462. The molecule has 5 heteroatoms. The molecule has 1 aromatic carbocycles. The number of anilines is 1. The van der Waals surface area contributed by atoms with Crippen LogP contribution in [0.25, 0.3) is 0 Å². The molecule has 0 spiro atoms. The van der Waals surface area contributed by atoms with Crippen molar-refractivity contribution in [2.24, 2.45) is 5.73 Å². The summed E-state index contributed by atoms with van der Waals surface area (Å²) in [6.45, 7) is 4.92. The molecule has 0 atom stereocenters. The number of benzene rings is 1. The molecule has 1 rings (SSSR count). The van der Waals surface area contributed by atoms with E-state index in [2.05, 4.69) is 5.32 Å². The van der Waals surface area contributed by atoms with Gasteiger partial charge in [0.15, 0.2) is 0 Å². The first kappa shape index (κ1) is 14.3. The van der Waals surface area contributed by atoms with Gasteiger partial charge in [0.1, 0.15) is 5.75 Å². The summed E-state index contributed by atoms with van der Waals surface area (Å²) in [5.74, 6) is 0.760. The predicted octanol–water partition coefficient (Wildman–Crippen LogP) is 1.90. The quantitative estimate of drug-likeness (QED) is 0.839. The van der Waals surface area contributed by atoms with Gasteiger partial charge in [-0.25, -0.2) is 4.79 Å². The largest absolute Gasteiger partial charge is 0.497 e. The Bertz CT molecular complexity index is 376. The second-order valence-corrected chi connectivity index (χ2v) is 4.23. The van der Waals surface area contributed by atoms with E-state index in [1.54, 1.807) is 36.3 Å². The molecule has 0 radical (unpaired) electrons. The van der Waals surface area contributed by atoms with Gasteiger partial charge in [0.05, 0.1) is 7.11 Å². The molecule has 0 saturated carbocycles. The Morgan fingerprint density at radius 1 is 1.39 bits per heavy atom. The normalized spacial score (nSPS) is 10.3. The Morgan fingerprint density at radius 2 is 2.00 bits per heavy atom. The van der Waals surface area contributed by atoms with Gasteiger partial charge in [0, 0.05) is 24.8 Å². The number of carbonyl (C=O) groups is 1. The number of hydrogen-bond acceptors (Lipinski definition) is 3. The average molecular weight is 251 g/mol. The van der Waals surface area contributed by atoms with Crippen molar-refractivity contribution < 1.29 is 9.53 Å². The number of ether oxygens (including phenoxy) is 1. The average Bonchev–Trinajstić information content (AvgIpc) is 2.36. The molecular formula is C13H21N3O2. The van der Waals surface area contributed by atoms with Crippen molar-refractivity contribution in [1.29, 1.82) is 0 Å². The van der Waals surface area contributed by atoms with Crippen LogP contribution in [0.15, 0.2) is 24.3 Å². The van der Waals surface area contributed by atoms with Crippen molar-refractivity contribution in [1.82, 2.24) is 4.90 Å². The van der Waals surface area contributed by atoms with Crippen LogP contribution in [0.4, 0.5) is 10.5 Å². The molecule has 0 aliphatic carbocycles. The topological polar surface area (TPSA) is 67.6 Å². The zero-order valence-corrected chi connectivity index (χ0v) is 11.1. The predicted molar refractivity (Wildman–Crippen MR) is 72.9 cm³/mol. The van der Waals surface area contributed by atoms with E-state index in [0.717, 1.165) is 11.4 Å². The Hall–Kier alpha value is -1.75. The lowest BCUT2D eigenvalue weighted by Gasteiger charge is -2.26. The number of methoxy groups -OCH3 is 1. The summed E-state index contributed by atoms with van der Waals surface area (Å²) in [6.07, 6.45) is 0. The standard InChI is InChI=1S/C13H21N3O2/c1-10(2)16(9-8-14)13(17)15-11-4-6-12(18-3)7-5-11/h4-7,10H,8-9,14H2,1-3H3,(H,15,17). The fourth-order valence-electron chi connectivity index (χ4n) is 1.60. The van der Waals surface area contributed by atoms with Crippen LogP contribution in [-0.4, -0.2) is 37.2 Å². The van der Waals surface area contributed by atoms with Crippen molar-refractivity contribution in [2.45, 2.75) is 19.9 Å². The molecule has 2 amide bonds. The van der Waals surface area contributed by atoms with Gasteiger partial charge in [-0.3, -0.25) is 0 Å². The highest BCUT2D eigenvalue weighted by molar-refractivity contribution is 5.89. The maximum atomic E-state index is 12.0. The summed E-state index contributed by atoms with van der Waals surface area (Å²) in [5, 5.41) is 2.84. The summed E-state index contributed by atoms with van der Waals surface area (Å²) in [7, 11) is 1.61. The minimum absolute atomic E-state index is 0.117. The highest BCUT2D eigenvalue weighted by Gasteiger charge is 2.15. The van der Waals surface area contributed by atoms with Crippen molar-refractivity contribution in [2.75, 3.05) is 25.5 Å². The zero-order chi connectivity index (χ0) is 13.5. The lowest BCUT2D eigenvalue weighted by molar-refractivity contribution is 0.199. The molecule has 0 fully saturated rings. The molecule has 0 heterocycles. The Labute approximate surface area is 108 Å². The highest BCUT2D eigenvalue weighted by atomic mass is 16.5. The van der Waals surface area contributed by atoms with Crippen LogP contribution in [0, 0.1) is 0 Å². The lowest BCUT2D eigenvalue weighted by atomic mass is 10.3. The summed E-state index contributed by atoms with van der Waals surface area (Å²) in [5.41, 5.74) is 6.24. The molecule has 0 aliphatic rings. The highest BCUT2D eigenvalue weighted by Crippen LogP contribution is 2.15. The fourth-order valence-corrected chi connectivity index (χ4v) is 1.60. The third-order valence-corrected chi connectivity index (χ3v) is 2.60. The van der Waals surface area contributed by atoms with E-state index in [-0.39, 0.29) is 12.1 Å². The van der Waals surface area contributed by atoms with Crippen molar-refractivity contribution >= 4 is 11.7 Å². The minimum Gasteiger partial charge on any atom is -0.497 e. The van der Waals surface area contributed by atoms with Gasteiger partial charge in [0.25, 0.3) is 0 Å². The molecule has 0 bridgehead atoms. The van der Waals surface area contributed by atoms with Gasteiger partial charge in [0.2, 0.25) is 0 Å². The van der Waals surface area contributed by atoms with Gasteiger partial charge in [-0.2, -0.15) is 0 Å². The van der Waals surface area contributed by atoms with Gasteiger partial charge in [-0.15, -0.1) is 0 Å². The van der Waals surface area contributed by atoms with E-state index >= 15 is 0 Å². The molecule has 5 nitrogen and oxygen atoms in total. The SMILES string of the molecule is COc1ccc(NC(=O)N(CCN)C(C)C)cc1. The van der Waals surface area contributed by atoms with Crippen LogP contribution >= 0.6 is 0 Å². The lowest BCUT2D eigenvalue weighted by Crippen LogP contribution is -2.42. The number of urea groups is 1. The molecular weight excluding hydrogens is 230 g/mol. The Kier molecular flexibility index (Phi) is 5.45. The van der Waals surface area contributed by atoms with E-state index in [4.69, 9.17) is 10.5 Å².